The van der Waals surface area contributed by atoms with Gasteiger partial charge in [-0.05, 0) is 83.3 Å². The van der Waals surface area contributed by atoms with Crippen LogP contribution in [0, 0.1) is 3.57 Å². The number of halogens is 3. The van der Waals surface area contributed by atoms with Crippen LogP contribution in [0.3, 0.4) is 0 Å². The summed E-state index contributed by atoms with van der Waals surface area (Å²) in [4.78, 5) is 0. The maximum atomic E-state index is 10.6. The van der Waals surface area contributed by atoms with Gasteiger partial charge >= 0.3 is 0 Å². The van der Waals surface area contributed by atoms with Crippen LogP contribution < -0.4 is 5.32 Å². The average molecular weight is 511 g/mol. The van der Waals surface area contributed by atoms with Gasteiger partial charge in [0.05, 0.1) is 12.6 Å². The number of aromatic nitrogens is 1. The highest BCUT2D eigenvalue weighted by Gasteiger charge is 2.14. The lowest BCUT2D eigenvalue weighted by Gasteiger charge is -2.15. The van der Waals surface area contributed by atoms with Gasteiger partial charge in [0.25, 0.3) is 0 Å². The van der Waals surface area contributed by atoms with Crippen molar-refractivity contribution in [1.82, 2.24) is 4.57 Å². The first-order valence-electron chi connectivity index (χ1n) is 8.56. The minimum Gasteiger partial charge on any atom is -0.389 e. The van der Waals surface area contributed by atoms with Crippen LogP contribution in [0.4, 0.5) is 5.69 Å². The summed E-state index contributed by atoms with van der Waals surface area (Å²) >= 11 is 14.7. The van der Waals surface area contributed by atoms with Crippen LogP contribution >= 0.6 is 45.8 Å². The van der Waals surface area contributed by atoms with Gasteiger partial charge < -0.3 is 15.0 Å². The lowest BCUT2D eigenvalue weighted by molar-refractivity contribution is 0.169. The molecule has 3 nitrogen and oxygen atoms in total. The molecule has 1 heterocycles. The number of benzene rings is 3. The second kappa shape index (κ2) is 7.87. The lowest BCUT2D eigenvalue weighted by atomic mass is 10.1. The summed E-state index contributed by atoms with van der Waals surface area (Å²) in [6.07, 6.45) is -0.547. The molecule has 138 valence electrons. The third-order valence-electron chi connectivity index (χ3n) is 4.57. The highest BCUT2D eigenvalue weighted by Crippen LogP contribution is 2.33. The van der Waals surface area contributed by atoms with Crippen molar-refractivity contribution in [3.8, 4) is 0 Å². The zero-order valence-electron chi connectivity index (χ0n) is 14.3. The van der Waals surface area contributed by atoms with Gasteiger partial charge in [-0.15, -0.1) is 0 Å². The van der Waals surface area contributed by atoms with Gasteiger partial charge in [0.2, 0.25) is 0 Å². The molecule has 0 aliphatic carbocycles. The van der Waals surface area contributed by atoms with E-state index in [9.17, 15) is 5.11 Å². The summed E-state index contributed by atoms with van der Waals surface area (Å²) in [5.41, 5.74) is 3.06. The van der Waals surface area contributed by atoms with Crippen LogP contribution in [0.2, 0.25) is 10.0 Å². The van der Waals surface area contributed by atoms with E-state index >= 15 is 0 Å². The number of hydrogen-bond donors (Lipinski definition) is 2. The van der Waals surface area contributed by atoms with Crippen molar-refractivity contribution >= 4 is 73.3 Å². The van der Waals surface area contributed by atoms with Gasteiger partial charge in [0.1, 0.15) is 0 Å². The Kier molecular flexibility index (Phi) is 5.50. The third-order valence-corrected chi connectivity index (χ3v) is 5.76. The number of aliphatic hydroxyl groups excluding tert-OH is 1. The predicted molar refractivity (Wildman–Crippen MR) is 123 cm³/mol. The Morgan fingerprint density at radius 2 is 1.44 bits per heavy atom. The zero-order valence-corrected chi connectivity index (χ0v) is 18.0. The molecule has 4 aromatic rings. The first kappa shape index (κ1) is 18.9. The number of nitrogens with one attached hydrogen (secondary N) is 1. The smallest absolute Gasteiger partial charge is 0.0891 e. The van der Waals surface area contributed by atoms with Crippen molar-refractivity contribution in [2.75, 3.05) is 11.9 Å². The molecule has 0 saturated carbocycles. The quantitative estimate of drug-likeness (QED) is 0.314. The van der Waals surface area contributed by atoms with E-state index in [1.54, 1.807) is 0 Å². The van der Waals surface area contributed by atoms with Gasteiger partial charge in [-0.3, -0.25) is 0 Å². The lowest BCUT2D eigenvalue weighted by Crippen LogP contribution is -2.24. The van der Waals surface area contributed by atoms with Gasteiger partial charge in [-0.1, -0.05) is 23.2 Å². The zero-order chi connectivity index (χ0) is 19.0. The van der Waals surface area contributed by atoms with E-state index in [-0.39, 0.29) is 0 Å². The van der Waals surface area contributed by atoms with E-state index in [0.29, 0.717) is 23.1 Å². The highest BCUT2D eigenvalue weighted by molar-refractivity contribution is 14.1. The van der Waals surface area contributed by atoms with Crippen LogP contribution in [-0.4, -0.2) is 22.3 Å². The Morgan fingerprint density at radius 1 is 0.889 bits per heavy atom. The number of anilines is 1. The van der Waals surface area contributed by atoms with Gasteiger partial charge in [-0.25, -0.2) is 0 Å². The summed E-state index contributed by atoms with van der Waals surface area (Å²) in [7, 11) is 0. The third kappa shape index (κ3) is 4.04. The number of hydrogen-bond acceptors (Lipinski definition) is 2. The second-order valence-corrected chi connectivity index (χ2v) is 8.59. The number of rotatable bonds is 5. The number of fused-ring (bicyclic) bond motifs is 3. The Hall–Kier alpha value is -1.47. The molecular weight excluding hydrogens is 494 g/mol. The molecule has 1 atom stereocenters. The fourth-order valence-corrected chi connectivity index (χ4v) is 4.03. The van der Waals surface area contributed by atoms with E-state index in [4.69, 9.17) is 23.2 Å². The summed E-state index contributed by atoms with van der Waals surface area (Å²) in [6.45, 7) is 0.934. The van der Waals surface area contributed by atoms with Gasteiger partial charge in [0, 0.05) is 47.7 Å². The van der Waals surface area contributed by atoms with Crippen molar-refractivity contribution in [2.45, 2.75) is 12.6 Å². The van der Waals surface area contributed by atoms with Crippen molar-refractivity contribution in [1.29, 1.82) is 0 Å². The molecule has 0 amide bonds. The van der Waals surface area contributed by atoms with E-state index in [0.717, 1.165) is 27.5 Å². The van der Waals surface area contributed by atoms with E-state index in [1.165, 1.54) is 3.57 Å². The predicted octanol–water partition coefficient (Wildman–Crippen LogP) is 6.18. The van der Waals surface area contributed by atoms with E-state index in [1.807, 2.05) is 60.7 Å². The normalized spacial score (nSPS) is 12.6. The molecule has 6 heteroatoms. The molecule has 0 fully saturated rings. The summed E-state index contributed by atoms with van der Waals surface area (Å²) in [6, 6.07) is 19.7. The fourth-order valence-electron chi connectivity index (χ4n) is 3.32. The monoisotopic (exact) mass is 510 g/mol. The Morgan fingerprint density at radius 3 is 2.00 bits per heavy atom. The number of aliphatic hydroxyl groups is 1. The topological polar surface area (TPSA) is 37.2 Å². The average Bonchev–Trinajstić information content (AvgIpc) is 2.94. The molecule has 2 N–H and O–H groups in total. The molecule has 4 rings (SSSR count). The molecule has 27 heavy (non-hydrogen) atoms. The molecule has 1 aromatic heterocycles. The maximum absolute atomic E-state index is 10.6. The van der Waals surface area contributed by atoms with Crippen molar-refractivity contribution in [3.63, 3.8) is 0 Å². The molecule has 3 aromatic carbocycles. The molecule has 0 bridgehead atoms. The SMILES string of the molecule is O[C@H](CNc1ccc(I)cc1)Cn1c2ccc(Cl)cc2c2cc(Cl)ccc21. The molecule has 0 spiro atoms. The molecule has 0 aliphatic rings. The minimum atomic E-state index is -0.547. The molecule has 0 saturated heterocycles. The van der Waals surface area contributed by atoms with E-state index in [2.05, 4.69) is 32.5 Å². The highest BCUT2D eigenvalue weighted by atomic mass is 127. The van der Waals surface area contributed by atoms with Crippen LogP contribution in [0.5, 0.6) is 0 Å². The Balaban J connectivity index is 1.63. The molecule has 0 radical (unpaired) electrons. The largest absolute Gasteiger partial charge is 0.389 e. The summed E-state index contributed by atoms with van der Waals surface area (Å²) < 4.78 is 3.30. The number of nitrogens with zero attached hydrogens (tertiary/aromatic N) is 1. The van der Waals surface area contributed by atoms with Crippen LogP contribution in [-0.2, 0) is 6.54 Å². The van der Waals surface area contributed by atoms with Crippen LogP contribution in [0.1, 0.15) is 0 Å². The van der Waals surface area contributed by atoms with Gasteiger partial charge in [0.15, 0.2) is 0 Å². The van der Waals surface area contributed by atoms with Gasteiger partial charge in [-0.2, -0.15) is 0 Å². The Labute approximate surface area is 181 Å². The first-order valence-corrected chi connectivity index (χ1v) is 10.4. The summed E-state index contributed by atoms with van der Waals surface area (Å²) in [5.74, 6) is 0. The summed E-state index contributed by atoms with van der Waals surface area (Å²) in [5, 5.41) is 17.4. The first-order chi connectivity index (χ1) is 13.0. The maximum Gasteiger partial charge on any atom is 0.0891 e. The minimum absolute atomic E-state index is 0.461. The fraction of sp³-hybridized carbons (Fsp3) is 0.143. The van der Waals surface area contributed by atoms with Crippen molar-refractivity contribution in [2.24, 2.45) is 0 Å². The Bertz CT molecular complexity index is 1050. The van der Waals surface area contributed by atoms with Crippen LogP contribution in [0.15, 0.2) is 60.7 Å². The standard InChI is InChI=1S/C21H17Cl2IN2O/c22-13-1-7-20-18(9-13)19-10-14(23)2-8-21(19)26(20)12-17(27)11-25-16-5-3-15(24)4-6-16/h1-10,17,25,27H,11-12H2/t17-/m1/s1. The molecule has 0 unspecified atom stereocenters. The molecular formula is C21H17Cl2IN2O. The van der Waals surface area contributed by atoms with Crippen molar-refractivity contribution < 1.29 is 5.11 Å². The van der Waals surface area contributed by atoms with E-state index < -0.39 is 6.10 Å². The molecule has 0 aliphatic heterocycles. The second-order valence-electron chi connectivity index (χ2n) is 6.48. The van der Waals surface area contributed by atoms with Crippen LogP contribution in [0.25, 0.3) is 21.8 Å². The van der Waals surface area contributed by atoms with Crippen molar-refractivity contribution in [3.05, 3.63) is 74.3 Å².